The molecule has 1 aliphatic carbocycles. The van der Waals surface area contributed by atoms with Crippen LogP contribution in [0.4, 0.5) is 5.82 Å². The predicted molar refractivity (Wildman–Crippen MR) is 147 cm³/mol. The molecule has 2 aromatic rings. The summed E-state index contributed by atoms with van der Waals surface area (Å²) in [6.07, 6.45) is 10.8. The number of benzene rings is 1. The predicted octanol–water partition coefficient (Wildman–Crippen LogP) is 2.59. The Hall–Kier alpha value is -3.20. The number of nitrogens with one attached hydrogen (secondary N) is 2. The number of nitrogens with two attached hydrogens (primary N) is 1. The summed E-state index contributed by atoms with van der Waals surface area (Å²) in [6.45, 7) is 2.73. The number of nitrogen functional groups attached to an aromatic ring is 1. The second-order valence-electron chi connectivity index (χ2n) is 11.1. The zero-order valence-corrected chi connectivity index (χ0v) is 22.2. The fourth-order valence-electron chi connectivity index (χ4n) is 6.09. The van der Waals surface area contributed by atoms with Gasteiger partial charge in [-0.1, -0.05) is 44.2 Å². The summed E-state index contributed by atoms with van der Waals surface area (Å²) in [5.74, 6) is 0.857. The smallest absolute Gasteiger partial charge is 0.243 e. The minimum Gasteiger partial charge on any atom is -0.383 e. The van der Waals surface area contributed by atoms with Crippen LogP contribution in [-0.4, -0.2) is 70.8 Å². The molecule has 0 unspecified atom stereocenters. The van der Waals surface area contributed by atoms with Crippen LogP contribution in [0.1, 0.15) is 63.4 Å². The molecule has 2 aliphatic heterocycles. The molecule has 3 aliphatic rings. The number of fused-ring (bicyclic) bond motifs is 1. The average molecular weight is 521 g/mol. The van der Waals surface area contributed by atoms with E-state index in [1.807, 2.05) is 29.2 Å². The first kappa shape index (κ1) is 26.4. The largest absolute Gasteiger partial charge is 0.383 e. The maximum atomic E-state index is 13.8. The molecular formula is C29H40N6O3. The Balaban J connectivity index is 1.22. The van der Waals surface area contributed by atoms with Crippen LogP contribution < -0.4 is 16.4 Å². The minimum atomic E-state index is -0.482. The lowest BCUT2D eigenvalue weighted by Crippen LogP contribution is -2.55. The van der Waals surface area contributed by atoms with Crippen LogP contribution in [0.15, 0.2) is 30.5 Å². The third kappa shape index (κ3) is 6.09. The average Bonchev–Trinajstić information content (AvgIpc) is 3.39. The van der Waals surface area contributed by atoms with Gasteiger partial charge >= 0.3 is 0 Å². The number of hydrogen-bond acceptors (Lipinski definition) is 6. The first-order valence-corrected chi connectivity index (χ1v) is 14.2. The molecule has 0 radical (unpaired) electrons. The molecule has 3 amide bonds. The quantitative estimate of drug-likeness (QED) is 0.467. The second-order valence-corrected chi connectivity index (χ2v) is 11.1. The van der Waals surface area contributed by atoms with Crippen LogP contribution in [0.25, 0.3) is 10.8 Å². The van der Waals surface area contributed by atoms with Crippen molar-refractivity contribution >= 4 is 34.3 Å². The van der Waals surface area contributed by atoms with E-state index in [4.69, 9.17) is 5.73 Å². The maximum absolute atomic E-state index is 13.8. The van der Waals surface area contributed by atoms with Crippen LogP contribution >= 0.6 is 0 Å². The molecule has 204 valence electrons. The van der Waals surface area contributed by atoms with Crippen molar-refractivity contribution in [3.05, 3.63) is 36.0 Å². The van der Waals surface area contributed by atoms with Crippen molar-refractivity contribution in [2.75, 3.05) is 31.9 Å². The van der Waals surface area contributed by atoms with Crippen LogP contribution in [0.2, 0.25) is 0 Å². The molecule has 3 heterocycles. The lowest BCUT2D eigenvalue weighted by molar-refractivity contribution is -0.141. The number of aromatic nitrogens is 1. The summed E-state index contributed by atoms with van der Waals surface area (Å²) >= 11 is 0. The summed E-state index contributed by atoms with van der Waals surface area (Å²) in [6, 6.07) is 6.86. The van der Waals surface area contributed by atoms with Gasteiger partial charge in [0, 0.05) is 37.8 Å². The van der Waals surface area contributed by atoms with Gasteiger partial charge in [-0.2, -0.15) is 0 Å². The number of pyridine rings is 1. The molecule has 9 heteroatoms. The number of hydrogen-bond donors (Lipinski definition) is 3. The fraction of sp³-hybridized carbons (Fsp3) is 0.586. The Labute approximate surface area is 224 Å². The van der Waals surface area contributed by atoms with Crippen molar-refractivity contribution in [1.82, 2.24) is 25.4 Å². The molecule has 1 saturated carbocycles. The normalized spacial score (nSPS) is 20.8. The van der Waals surface area contributed by atoms with E-state index < -0.39 is 12.1 Å². The Kier molecular flexibility index (Phi) is 8.42. The van der Waals surface area contributed by atoms with E-state index in [-0.39, 0.29) is 24.3 Å². The monoisotopic (exact) mass is 520 g/mol. The summed E-state index contributed by atoms with van der Waals surface area (Å²) in [7, 11) is 0. The lowest BCUT2D eigenvalue weighted by Gasteiger charge is -2.34. The molecule has 0 bridgehead atoms. The molecule has 2 saturated heterocycles. The summed E-state index contributed by atoms with van der Waals surface area (Å²) in [5, 5.41) is 8.21. The molecule has 1 aromatic carbocycles. The molecule has 5 rings (SSSR count). The van der Waals surface area contributed by atoms with Gasteiger partial charge in [-0.3, -0.25) is 19.7 Å². The number of amides is 3. The summed E-state index contributed by atoms with van der Waals surface area (Å²) in [4.78, 5) is 47.3. The number of rotatable bonds is 9. The molecule has 4 N–H and O–H groups in total. The highest BCUT2D eigenvalue weighted by atomic mass is 16.2. The zero-order chi connectivity index (χ0) is 26.5. The highest BCUT2D eigenvalue weighted by Gasteiger charge is 2.38. The second kappa shape index (κ2) is 12.1. The number of carbonyl (C=O) groups is 3. The Morgan fingerprint density at radius 2 is 1.82 bits per heavy atom. The Bertz CT molecular complexity index is 1160. The lowest BCUT2D eigenvalue weighted by atomic mass is 9.84. The highest BCUT2D eigenvalue weighted by molar-refractivity contribution is 5.92. The van der Waals surface area contributed by atoms with Gasteiger partial charge in [-0.25, -0.2) is 4.98 Å². The highest BCUT2D eigenvalue weighted by Crippen LogP contribution is 2.29. The summed E-state index contributed by atoms with van der Waals surface area (Å²) in [5.41, 5.74) is 6.92. The molecule has 38 heavy (non-hydrogen) atoms. The van der Waals surface area contributed by atoms with Gasteiger partial charge in [0.2, 0.25) is 17.7 Å². The van der Waals surface area contributed by atoms with Crippen molar-refractivity contribution < 1.29 is 14.4 Å². The molecule has 0 spiro atoms. The molecule has 9 nitrogen and oxygen atoms in total. The van der Waals surface area contributed by atoms with Crippen LogP contribution in [-0.2, 0) is 20.9 Å². The van der Waals surface area contributed by atoms with Gasteiger partial charge in [-0.15, -0.1) is 0 Å². The standard InChI is InChI=1S/C29H40N6O3/c30-27-23-10-9-21(16-22(23)11-12-31-27)18-33-28(37)25-8-4-15-35(25)29(38)24(17-20-6-2-1-3-7-20)32-19-26(36)34-13-5-14-34/h9-12,16,20,24-25,32H,1-8,13-15,17-19H2,(H2,30,31)(H,33,37)/t24-,25+/m1/s1. The third-order valence-corrected chi connectivity index (χ3v) is 8.47. The Morgan fingerprint density at radius 3 is 2.58 bits per heavy atom. The third-order valence-electron chi connectivity index (χ3n) is 8.47. The first-order chi connectivity index (χ1) is 18.5. The van der Waals surface area contributed by atoms with Gasteiger partial charge in [0.05, 0.1) is 12.6 Å². The van der Waals surface area contributed by atoms with Gasteiger partial charge < -0.3 is 20.9 Å². The van der Waals surface area contributed by atoms with Crippen molar-refractivity contribution in [2.24, 2.45) is 5.92 Å². The van der Waals surface area contributed by atoms with Gasteiger partial charge in [0.25, 0.3) is 0 Å². The topological polar surface area (TPSA) is 121 Å². The van der Waals surface area contributed by atoms with Gasteiger partial charge in [0.1, 0.15) is 11.9 Å². The fourth-order valence-corrected chi connectivity index (χ4v) is 6.09. The van der Waals surface area contributed by atoms with Crippen LogP contribution in [0, 0.1) is 5.92 Å². The van der Waals surface area contributed by atoms with Crippen molar-refractivity contribution in [1.29, 1.82) is 0 Å². The van der Waals surface area contributed by atoms with E-state index in [1.165, 1.54) is 19.3 Å². The van der Waals surface area contributed by atoms with E-state index in [9.17, 15) is 14.4 Å². The minimum absolute atomic E-state index is 0.0432. The van der Waals surface area contributed by atoms with E-state index >= 15 is 0 Å². The maximum Gasteiger partial charge on any atom is 0.243 e. The first-order valence-electron chi connectivity index (χ1n) is 14.2. The number of nitrogens with zero attached hydrogens (tertiary/aromatic N) is 3. The number of anilines is 1. The molecular weight excluding hydrogens is 480 g/mol. The Morgan fingerprint density at radius 1 is 1.00 bits per heavy atom. The molecule has 2 atom stereocenters. The SMILES string of the molecule is Nc1nccc2cc(CNC(=O)[C@@H]3CCCN3C(=O)[C@@H](CC3CCCCC3)NCC(=O)N3CCC3)ccc12. The number of likely N-dealkylation sites (tertiary alicyclic amines) is 2. The van der Waals surface area contributed by atoms with Gasteiger partial charge in [-0.05, 0) is 54.7 Å². The van der Waals surface area contributed by atoms with E-state index in [1.54, 1.807) is 11.1 Å². The van der Waals surface area contributed by atoms with Crippen LogP contribution in [0.3, 0.4) is 0 Å². The van der Waals surface area contributed by atoms with Crippen molar-refractivity contribution in [3.63, 3.8) is 0 Å². The molecule has 1 aromatic heterocycles. The van der Waals surface area contributed by atoms with Crippen LogP contribution in [0.5, 0.6) is 0 Å². The zero-order valence-electron chi connectivity index (χ0n) is 22.2. The van der Waals surface area contributed by atoms with Crippen molar-refractivity contribution in [2.45, 2.75) is 76.4 Å². The number of carbonyl (C=O) groups excluding carboxylic acids is 3. The van der Waals surface area contributed by atoms with E-state index in [0.717, 1.165) is 61.5 Å². The summed E-state index contributed by atoms with van der Waals surface area (Å²) < 4.78 is 0. The van der Waals surface area contributed by atoms with E-state index in [0.29, 0.717) is 31.2 Å². The van der Waals surface area contributed by atoms with Gasteiger partial charge in [0.15, 0.2) is 0 Å². The molecule has 3 fully saturated rings. The van der Waals surface area contributed by atoms with Crippen molar-refractivity contribution in [3.8, 4) is 0 Å². The van der Waals surface area contributed by atoms with E-state index in [2.05, 4.69) is 15.6 Å².